The fourth-order valence-electron chi connectivity index (χ4n) is 2.96. The van der Waals surface area contributed by atoms with E-state index in [1.165, 1.54) is 6.26 Å². The smallest absolute Gasteiger partial charge is 0.287 e. The van der Waals surface area contributed by atoms with E-state index in [1.54, 1.807) is 12.1 Å². The van der Waals surface area contributed by atoms with Crippen LogP contribution in [0.1, 0.15) is 45.2 Å². The first kappa shape index (κ1) is 20.6. The Morgan fingerprint density at radius 1 is 1.07 bits per heavy atom. The third kappa shape index (κ3) is 5.36. The van der Waals surface area contributed by atoms with Gasteiger partial charge in [0.1, 0.15) is 6.04 Å². The maximum Gasteiger partial charge on any atom is 0.287 e. The highest BCUT2D eigenvalue weighted by molar-refractivity contribution is 6.00. The van der Waals surface area contributed by atoms with Crippen LogP contribution in [0.4, 0.5) is 11.4 Å². The van der Waals surface area contributed by atoms with Crippen LogP contribution in [-0.4, -0.2) is 30.4 Å². The first-order chi connectivity index (χ1) is 12.8. The molecule has 1 aromatic carbocycles. The second-order valence-corrected chi connectivity index (χ2v) is 7.09. The largest absolute Gasteiger partial charge is 0.459 e. The molecule has 146 valence electrons. The Labute approximate surface area is 160 Å². The molecule has 0 aliphatic carbocycles. The van der Waals surface area contributed by atoms with Crippen LogP contribution in [0.5, 0.6) is 0 Å². The van der Waals surface area contributed by atoms with Gasteiger partial charge in [-0.3, -0.25) is 9.59 Å². The number of carbonyl (C=O) groups excluding carboxylic acids is 2. The predicted octanol–water partition coefficient (Wildman–Crippen LogP) is 3.91. The monoisotopic (exact) mass is 371 g/mol. The fraction of sp³-hybridized carbons (Fsp3) is 0.429. The zero-order valence-corrected chi connectivity index (χ0v) is 16.7. The van der Waals surface area contributed by atoms with Crippen molar-refractivity contribution in [2.75, 3.05) is 16.8 Å². The quantitative estimate of drug-likeness (QED) is 0.738. The number of benzene rings is 1. The van der Waals surface area contributed by atoms with Gasteiger partial charge in [0.2, 0.25) is 5.91 Å². The summed E-state index contributed by atoms with van der Waals surface area (Å²) < 4.78 is 5.09. The van der Waals surface area contributed by atoms with Crippen molar-refractivity contribution in [1.29, 1.82) is 0 Å². The molecule has 0 aliphatic rings. The summed E-state index contributed by atoms with van der Waals surface area (Å²) >= 11 is 0. The lowest BCUT2D eigenvalue weighted by molar-refractivity contribution is -0.118. The number of nitrogens with one attached hydrogen (secondary N) is 2. The lowest BCUT2D eigenvalue weighted by Gasteiger charge is -2.27. The summed E-state index contributed by atoms with van der Waals surface area (Å²) in [5.74, 6) is -0.542. The second-order valence-electron chi connectivity index (χ2n) is 7.09. The molecule has 27 heavy (non-hydrogen) atoms. The zero-order chi connectivity index (χ0) is 20.0. The van der Waals surface area contributed by atoms with Crippen molar-refractivity contribution in [1.82, 2.24) is 5.32 Å². The summed E-state index contributed by atoms with van der Waals surface area (Å²) in [6, 6.07) is 10.7. The third-order valence-electron chi connectivity index (χ3n) is 4.41. The van der Waals surface area contributed by atoms with Gasteiger partial charge in [0.05, 0.1) is 6.26 Å². The number of rotatable bonds is 8. The molecule has 0 bridgehead atoms. The summed E-state index contributed by atoms with van der Waals surface area (Å²) in [4.78, 5) is 27.1. The molecule has 2 amide bonds. The molecule has 1 heterocycles. The lowest BCUT2D eigenvalue weighted by atomic mass is 10.0. The standard InChI is InChI=1S/C21H29N3O3/c1-6-24(15(4)5)17-11-9-16(10-12-17)22-21(26)19(14(2)3)23-20(25)18-8-7-13-27-18/h7-15,19H,6H2,1-5H3,(H,22,26)(H,23,25). The van der Waals surface area contributed by atoms with Gasteiger partial charge in [0.15, 0.2) is 5.76 Å². The van der Waals surface area contributed by atoms with Gasteiger partial charge in [0, 0.05) is 24.0 Å². The fourth-order valence-corrected chi connectivity index (χ4v) is 2.96. The first-order valence-corrected chi connectivity index (χ1v) is 9.35. The molecule has 0 fully saturated rings. The van der Waals surface area contributed by atoms with Crippen LogP contribution in [0.15, 0.2) is 47.1 Å². The van der Waals surface area contributed by atoms with E-state index < -0.39 is 11.9 Å². The third-order valence-corrected chi connectivity index (χ3v) is 4.41. The molecule has 0 saturated carbocycles. The number of hydrogen-bond donors (Lipinski definition) is 2. The molecule has 0 aliphatic heterocycles. The van der Waals surface area contributed by atoms with Crippen LogP contribution in [0, 0.1) is 5.92 Å². The molecule has 0 spiro atoms. The molecular formula is C21H29N3O3. The topological polar surface area (TPSA) is 74.6 Å². The molecule has 2 N–H and O–H groups in total. The average Bonchev–Trinajstić information content (AvgIpc) is 3.15. The predicted molar refractivity (Wildman–Crippen MR) is 108 cm³/mol. The van der Waals surface area contributed by atoms with Crippen molar-refractivity contribution in [3.05, 3.63) is 48.4 Å². The van der Waals surface area contributed by atoms with Crippen LogP contribution in [-0.2, 0) is 4.79 Å². The minimum Gasteiger partial charge on any atom is -0.459 e. The normalized spacial score (nSPS) is 12.1. The highest BCUT2D eigenvalue weighted by Crippen LogP contribution is 2.20. The first-order valence-electron chi connectivity index (χ1n) is 9.35. The van der Waals surface area contributed by atoms with E-state index >= 15 is 0 Å². The highest BCUT2D eigenvalue weighted by atomic mass is 16.3. The zero-order valence-electron chi connectivity index (χ0n) is 16.7. The summed E-state index contributed by atoms with van der Waals surface area (Å²) in [7, 11) is 0. The number of carbonyl (C=O) groups is 2. The van der Waals surface area contributed by atoms with E-state index in [9.17, 15) is 9.59 Å². The summed E-state index contributed by atoms with van der Waals surface area (Å²) in [5, 5.41) is 5.62. The molecule has 2 aromatic rings. The molecule has 6 heteroatoms. The number of amides is 2. The Balaban J connectivity index is 2.05. The van der Waals surface area contributed by atoms with E-state index in [0.717, 1.165) is 12.2 Å². The molecule has 1 atom stereocenters. The van der Waals surface area contributed by atoms with Gasteiger partial charge < -0.3 is 20.0 Å². The molecular weight excluding hydrogens is 342 g/mol. The maximum atomic E-state index is 12.7. The SMILES string of the molecule is CCN(c1ccc(NC(=O)C(NC(=O)c2ccco2)C(C)C)cc1)C(C)C. The number of furan rings is 1. The Kier molecular flexibility index (Phi) is 7.05. The molecule has 1 aromatic heterocycles. The number of hydrogen-bond acceptors (Lipinski definition) is 4. The van der Waals surface area contributed by atoms with Crippen LogP contribution < -0.4 is 15.5 Å². The Hall–Kier alpha value is -2.76. The van der Waals surface area contributed by atoms with Crippen molar-refractivity contribution in [3.63, 3.8) is 0 Å². The maximum absolute atomic E-state index is 12.7. The van der Waals surface area contributed by atoms with Gasteiger partial charge >= 0.3 is 0 Å². The van der Waals surface area contributed by atoms with Gasteiger partial charge in [-0.15, -0.1) is 0 Å². The molecule has 2 rings (SSSR count). The van der Waals surface area contributed by atoms with E-state index in [2.05, 4.69) is 36.3 Å². The van der Waals surface area contributed by atoms with Gasteiger partial charge in [-0.2, -0.15) is 0 Å². The molecule has 1 unspecified atom stereocenters. The van der Waals surface area contributed by atoms with Crippen molar-refractivity contribution in [3.8, 4) is 0 Å². The number of nitrogens with zero attached hydrogens (tertiary/aromatic N) is 1. The minimum absolute atomic E-state index is 0.0697. The minimum atomic E-state index is -0.662. The highest BCUT2D eigenvalue weighted by Gasteiger charge is 2.25. The molecule has 6 nitrogen and oxygen atoms in total. The lowest BCUT2D eigenvalue weighted by Crippen LogP contribution is -2.47. The molecule has 0 saturated heterocycles. The summed E-state index contributed by atoms with van der Waals surface area (Å²) in [5.41, 5.74) is 1.80. The Morgan fingerprint density at radius 2 is 1.74 bits per heavy atom. The second kappa shape index (κ2) is 9.26. The van der Waals surface area contributed by atoms with E-state index in [0.29, 0.717) is 11.7 Å². The van der Waals surface area contributed by atoms with Gasteiger partial charge in [0.25, 0.3) is 5.91 Å². The van der Waals surface area contributed by atoms with Crippen molar-refractivity contribution in [2.45, 2.75) is 46.7 Å². The Bertz CT molecular complexity index is 737. The van der Waals surface area contributed by atoms with E-state index in [4.69, 9.17) is 4.42 Å². The van der Waals surface area contributed by atoms with Gasteiger partial charge in [-0.05, 0) is 63.1 Å². The van der Waals surface area contributed by atoms with Crippen LogP contribution in [0.3, 0.4) is 0 Å². The Morgan fingerprint density at radius 3 is 2.22 bits per heavy atom. The van der Waals surface area contributed by atoms with Gasteiger partial charge in [-0.1, -0.05) is 13.8 Å². The van der Waals surface area contributed by atoms with Gasteiger partial charge in [-0.25, -0.2) is 0 Å². The molecule has 0 radical (unpaired) electrons. The van der Waals surface area contributed by atoms with Crippen molar-refractivity contribution < 1.29 is 14.0 Å². The van der Waals surface area contributed by atoms with Crippen LogP contribution in [0.25, 0.3) is 0 Å². The average molecular weight is 371 g/mol. The van der Waals surface area contributed by atoms with Crippen LogP contribution in [0.2, 0.25) is 0 Å². The van der Waals surface area contributed by atoms with E-state index in [-0.39, 0.29) is 17.6 Å². The summed E-state index contributed by atoms with van der Waals surface area (Å²) in [6.07, 6.45) is 1.43. The van der Waals surface area contributed by atoms with Crippen LogP contribution >= 0.6 is 0 Å². The van der Waals surface area contributed by atoms with Crippen molar-refractivity contribution >= 4 is 23.2 Å². The summed E-state index contributed by atoms with van der Waals surface area (Å²) in [6.45, 7) is 11.1. The van der Waals surface area contributed by atoms with Crippen molar-refractivity contribution in [2.24, 2.45) is 5.92 Å². The number of anilines is 2. The van der Waals surface area contributed by atoms with E-state index in [1.807, 2.05) is 38.1 Å².